The van der Waals surface area contributed by atoms with Gasteiger partial charge in [-0.3, -0.25) is 4.79 Å². The molecular formula is C5H9BrO4S. The molecule has 0 fully saturated rings. The van der Waals surface area contributed by atoms with Crippen molar-refractivity contribution in [2.45, 2.75) is 17.0 Å². The van der Waals surface area contributed by atoms with Gasteiger partial charge in [0.15, 0.2) is 9.84 Å². The van der Waals surface area contributed by atoms with Gasteiger partial charge < -0.3 is 5.11 Å². The third-order valence-electron chi connectivity index (χ3n) is 1.32. The molecule has 11 heavy (non-hydrogen) atoms. The summed E-state index contributed by atoms with van der Waals surface area (Å²) < 4.78 is 21.6. The van der Waals surface area contributed by atoms with Gasteiger partial charge in [-0.2, -0.15) is 0 Å². The number of aliphatic carboxylic acids is 1. The molecule has 0 aromatic heterocycles. The van der Waals surface area contributed by atoms with Crippen molar-refractivity contribution in [2.24, 2.45) is 0 Å². The molecule has 0 aromatic rings. The van der Waals surface area contributed by atoms with Gasteiger partial charge in [-0.25, -0.2) is 8.42 Å². The van der Waals surface area contributed by atoms with E-state index in [9.17, 15) is 13.2 Å². The SMILES string of the molecule is CC(C(Br)C(=O)O)S(C)(=O)=O. The van der Waals surface area contributed by atoms with Crippen molar-refractivity contribution in [3.63, 3.8) is 0 Å². The van der Waals surface area contributed by atoms with Gasteiger partial charge in [-0.15, -0.1) is 0 Å². The van der Waals surface area contributed by atoms with Crippen LogP contribution < -0.4 is 0 Å². The molecule has 0 aromatic carbocycles. The molecule has 6 heteroatoms. The summed E-state index contributed by atoms with van der Waals surface area (Å²) in [4.78, 5) is 9.25. The monoisotopic (exact) mass is 244 g/mol. The van der Waals surface area contributed by atoms with E-state index in [4.69, 9.17) is 5.11 Å². The lowest BCUT2D eigenvalue weighted by Crippen LogP contribution is -2.32. The standard InChI is InChI=1S/C5H9BrO4S/c1-3(11(2,9)10)4(6)5(7)8/h3-4H,1-2H3,(H,7,8). The van der Waals surface area contributed by atoms with Gasteiger partial charge >= 0.3 is 5.97 Å². The highest BCUT2D eigenvalue weighted by atomic mass is 79.9. The highest BCUT2D eigenvalue weighted by Crippen LogP contribution is 2.12. The number of carboxylic acids is 1. The van der Waals surface area contributed by atoms with Gasteiger partial charge in [0.05, 0.1) is 5.25 Å². The molecule has 0 rings (SSSR count). The van der Waals surface area contributed by atoms with Crippen LogP contribution >= 0.6 is 15.9 Å². The van der Waals surface area contributed by atoms with E-state index in [1.807, 2.05) is 0 Å². The van der Waals surface area contributed by atoms with Crippen LogP contribution in [0.4, 0.5) is 0 Å². The van der Waals surface area contributed by atoms with Gasteiger partial charge in [0.1, 0.15) is 4.83 Å². The summed E-state index contributed by atoms with van der Waals surface area (Å²) in [7, 11) is -3.27. The van der Waals surface area contributed by atoms with Gasteiger partial charge in [0.2, 0.25) is 0 Å². The van der Waals surface area contributed by atoms with Crippen LogP contribution in [0, 0.1) is 0 Å². The second-order valence-corrected chi connectivity index (χ2v) is 5.66. The number of carbonyl (C=O) groups is 1. The molecule has 0 saturated heterocycles. The van der Waals surface area contributed by atoms with Crippen LogP contribution in [0.1, 0.15) is 6.92 Å². The first kappa shape index (κ1) is 10.9. The molecule has 0 heterocycles. The normalized spacial score (nSPS) is 17.4. The Morgan fingerprint density at radius 2 is 1.91 bits per heavy atom. The number of carboxylic acid groups (broad SMARTS) is 1. The van der Waals surface area contributed by atoms with E-state index in [1.165, 1.54) is 6.92 Å². The lowest BCUT2D eigenvalue weighted by atomic mass is 10.3. The van der Waals surface area contributed by atoms with E-state index in [0.717, 1.165) is 6.26 Å². The Bertz CT molecular complexity index is 245. The van der Waals surface area contributed by atoms with Crippen molar-refractivity contribution < 1.29 is 18.3 Å². The summed E-state index contributed by atoms with van der Waals surface area (Å²) in [6.45, 7) is 1.35. The minimum atomic E-state index is -3.27. The van der Waals surface area contributed by atoms with Crippen LogP contribution in [0.25, 0.3) is 0 Å². The van der Waals surface area contributed by atoms with Crippen LogP contribution in [-0.2, 0) is 14.6 Å². The fourth-order valence-corrected chi connectivity index (χ4v) is 2.14. The van der Waals surface area contributed by atoms with Crippen molar-refractivity contribution in [1.29, 1.82) is 0 Å². The molecule has 0 aliphatic heterocycles. The highest BCUT2D eigenvalue weighted by molar-refractivity contribution is 9.10. The first-order valence-corrected chi connectivity index (χ1v) is 5.69. The van der Waals surface area contributed by atoms with E-state index < -0.39 is 25.9 Å². The molecule has 0 amide bonds. The van der Waals surface area contributed by atoms with E-state index in [-0.39, 0.29) is 0 Å². The third-order valence-corrected chi connectivity index (χ3v) is 4.48. The summed E-state index contributed by atoms with van der Waals surface area (Å²) in [5.74, 6) is -1.16. The zero-order chi connectivity index (χ0) is 9.23. The smallest absolute Gasteiger partial charge is 0.318 e. The fourth-order valence-electron chi connectivity index (χ4n) is 0.418. The number of sulfone groups is 1. The molecule has 0 radical (unpaired) electrons. The maximum atomic E-state index is 10.8. The molecule has 2 atom stereocenters. The maximum Gasteiger partial charge on any atom is 0.318 e. The molecule has 4 nitrogen and oxygen atoms in total. The first-order valence-electron chi connectivity index (χ1n) is 2.82. The molecule has 0 aliphatic rings. The van der Waals surface area contributed by atoms with Crippen LogP contribution in [0.2, 0.25) is 0 Å². The second kappa shape index (κ2) is 3.53. The van der Waals surface area contributed by atoms with E-state index in [1.54, 1.807) is 0 Å². The molecule has 66 valence electrons. The van der Waals surface area contributed by atoms with Crippen LogP contribution in [0.15, 0.2) is 0 Å². The Morgan fingerprint density at radius 1 is 1.55 bits per heavy atom. The summed E-state index contributed by atoms with van der Waals surface area (Å²) in [5.41, 5.74) is 0. The molecule has 1 N–H and O–H groups in total. The van der Waals surface area contributed by atoms with Crippen molar-refractivity contribution in [2.75, 3.05) is 6.26 Å². The number of hydrogen-bond donors (Lipinski definition) is 1. The molecule has 0 bridgehead atoms. The van der Waals surface area contributed by atoms with Crippen molar-refractivity contribution >= 4 is 31.7 Å². The molecule has 0 spiro atoms. The number of rotatable bonds is 3. The Kier molecular flexibility index (Phi) is 3.50. The zero-order valence-electron chi connectivity index (χ0n) is 6.11. The zero-order valence-corrected chi connectivity index (χ0v) is 8.52. The lowest BCUT2D eigenvalue weighted by molar-refractivity contribution is -0.136. The highest BCUT2D eigenvalue weighted by Gasteiger charge is 2.28. The predicted molar refractivity (Wildman–Crippen MR) is 44.7 cm³/mol. The Balaban J connectivity index is 4.51. The minimum Gasteiger partial charge on any atom is -0.480 e. The number of hydrogen-bond acceptors (Lipinski definition) is 3. The molecular weight excluding hydrogens is 236 g/mol. The molecule has 0 aliphatic carbocycles. The Morgan fingerprint density at radius 3 is 2.00 bits per heavy atom. The summed E-state index contributed by atoms with van der Waals surface area (Å²) in [6, 6.07) is 0. The van der Waals surface area contributed by atoms with Crippen molar-refractivity contribution in [1.82, 2.24) is 0 Å². The van der Waals surface area contributed by atoms with E-state index in [2.05, 4.69) is 15.9 Å². The predicted octanol–water partition coefficient (Wildman–Crippen LogP) is 0.268. The number of halogens is 1. The van der Waals surface area contributed by atoms with Crippen LogP contribution in [-0.4, -0.2) is 35.8 Å². The van der Waals surface area contributed by atoms with Gasteiger partial charge in [-0.1, -0.05) is 15.9 Å². The fraction of sp³-hybridized carbons (Fsp3) is 0.800. The Labute approximate surface area is 73.6 Å². The summed E-state index contributed by atoms with van der Waals surface area (Å²) >= 11 is 2.76. The van der Waals surface area contributed by atoms with Crippen LogP contribution in [0.5, 0.6) is 0 Å². The molecule has 2 unspecified atom stereocenters. The average molecular weight is 245 g/mol. The first-order chi connectivity index (χ1) is 4.76. The van der Waals surface area contributed by atoms with Crippen molar-refractivity contribution in [3.05, 3.63) is 0 Å². The van der Waals surface area contributed by atoms with E-state index >= 15 is 0 Å². The van der Waals surface area contributed by atoms with Gasteiger partial charge in [0.25, 0.3) is 0 Å². The average Bonchev–Trinajstić information content (AvgIpc) is 1.82. The third kappa shape index (κ3) is 3.20. The Hall–Kier alpha value is -0.100. The number of alkyl halides is 1. The van der Waals surface area contributed by atoms with Crippen LogP contribution in [0.3, 0.4) is 0 Å². The molecule has 0 saturated carbocycles. The lowest BCUT2D eigenvalue weighted by Gasteiger charge is -2.11. The maximum absolute atomic E-state index is 10.8. The minimum absolute atomic E-state index is 0.903. The van der Waals surface area contributed by atoms with Gasteiger partial charge in [-0.05, 0) is 6.92 Å². The largest absolute Gasteiger partial charge is 0.480 e. The topological polar surface area (TPSA) is 71.4 Å². The summed E-state index contributed by atoms with van der Waals surface area (Å²) in [6.07, 6.45) is 1.01. The second-order valence-electron chi connectivity index (χ2n) is 2.27. The van der Waals surface area contributed by atoms with Crippen molar-refractivity contribution in [3.8, 4) is 0 Å². The quantitative estimate of drug-likeness (QED) is 0.724. The van der Waals surface area contributed by atoms with E-state index in [0.29, 0.717) is 0 Å². The van der Waals surface area contributed by atoms with Gasteiger partial charge in [0, 0.05) is 6.26 Å². The summed E-state index contributed by atoms with van der Waals surface area (Å²) in [5, 5.41) is 7.50.